The fourth-order valence-electron chi connectivity index (χ4n) is 3.97. The van der Waals surface area contributed by atoms with Crippen molar-refractivity contribution in [2.45, 2.75) is 39.3 Å². The highest BCUT2D eigenvalue weighted by Crippen LogP contribution is 2.32. The van der Waals surface area contributed by atoms with Crippen molar-refractivity contribution in [1.29, 1.82) is 0 Å². The Labute approximate surface area is 165 Å². The molecule has 1 aromatic carbocycles. The second-order valence-electron chi connectivity index (χ2n) is 7.03. The standard InChI is InChI=1S/C22H26N4O2/c1-3-8-20-19-10-7-12-25(19)13-14-26(20)22(27)18-15-17(23-24-18)16-9-5-6-11-21(16)28-4-2/h5-7,9-12,15,20H,3-4,8,13-14H2,1-2H3,(H,23,24)/t20-/m0/s1. The van der Waals surface area contributed by atoms with E-state index >= 15 is 0 Å². The molecule has 3 heterocycles. The minimum absolute atomic E-state index is 0.00135. The van der Waals surface area contributed by atoms with Crippen LogP contribution < -0.4 is 4.74 Å². The molecule has 0 bridgehead atoms. The van der Waals surface area contributed by atoms with Crippen LogP contribution in [-0.4, -0.2) is 38.7 Å². The average molecular weight is 378 g/mol. The van der Waals surface area contributed by atoms with Gasteiger partial charge in [-0.1, -0.05) is 25.5 Å². The molecule has 0 fully saturated rings. The predicted octanol–water partition coefficient (Wildman–Crippen LogP) is 4.27. The maximum absolute atomic E-state index is 13.3. The number of fused-ring (bicyclic) bond motifs is 1. The highest BCUT2D eigenvalue weighted by molar-refractivity contribution is 5.94. The normalized spacial score (nSPS) is 16.1. The molecule has 1 aliphatic rings. The Morgan fingerprint density at radius 2 is 2.07 bits per heavy atom. The molecule has 0 radical (unpaired) electrons. The monoisotopic (exact) mass is 378 g/mol. The summed E-state index contributed by atoms with van der Waals surface area (Å²) in [6.45, 7) is 6.22. The van der Waals surface area contributed by atoms with Crippen molar-refractivity contribution in [1.82, 2.24) is 19.7 Å². The molecule has 28 heavy (non-hydrogen) atoms. The van der Waals surface area contributed by atoms with Gasteiger partial charge in [-0.2, -0.15) is 5.10 Å². The zero-order valence-corrected chi connectivity index (χ0v) is 16.4. The quantitative estimate of drug-likeness (QED) is 0.696. The van der Waals surface area contributed by atoms with Crippen molar-refractivity contribution in [3.05, 3.63) is 60.0 Å². The third kappa shape index (κ3) is 3.30. The van der Waals surface area contributed by atoms with Crippen LogP contribution in [-0.2, 0) is 6.54 Å². The summed E-state index contributed by atoms with van der Waals surface area (Å²) in [7, 11) is 0. The van der Waals surface area contributed by atoms with E-state index in [4.69, 9.17) is 4.74 Å². The first-order valence-corrected chi connectivity index (χ1v) is 9.96. The third-order valence-electron chi connectivity index (χ3n) is 5.26. The number of rotatable bonds is 6. The van der Waals surface area contributed by atoms with Crippen LogP contribution in [0.4, 0.5) is 0 Å². The average Bonchev–Trinajstić information content (AvgIpc) is 3.38. The van der Waals surface area contributed by atoms with Gasteiger partial charge >= 0.3 is 0 Å². The summed E-state index contributed by atoms with van der Waals surface area (Å²) in [6, 6.07) is 13.9. The van der Waals surface area contributed by atoms with Gasteiger partial charge in [0, 0.05) is 30.5 Å². The summed E-state index contributed by atoms with van der Waals surface area (Å²) in [5.74, 6) is 0.772. The van der Waals surface area contributed by atoms with Crippen LogP contribution in [0.2, 0.25) is 0 Å². The van der Waals surface area contributed by atoms with Crippen LogP contribution >= 0.6 is 0 Å². The number of aromatic amines is 1. The fraction of sp³-hybridized carbons (Fsp3) is 0.364. The Morgan fingerprint density at radius 3 is 2.89 bits per heavy atom. The van der Waals surface area contributed by atoms with Crippen molar-refractivity contribution in [3.63, 3.8) is 0 Å². The van der Waals surface area contributed by atoms with Crippen molar-refractivity contribution in [3.8, 4) is 17.0 Å². The number of H-pyrrole nitrogens is 1. The van der Waals surface area contributed by atoms with Gasteiger partial charge in [0.1, 0.15) is 11.4 Å². The molecule has 0 spiro atoms. The van der Waals surface area contributed by atoms with Crippen LogP contribution in [0, 0.1) is 0 Å². The summed E-state index contributed by atoms with van der Waals surface area (Å²) < 4.78 is 7.96. The minimum Gasteiger partial charge on any atom is -0.493 e. The molecular formula is C22H26N4O2. The van der Waals surface area contributed by atoms with Gasteiger partial charge in [-0.3, -0.25) is 9.89 Å². The predicted molar refractivity (Wildman–Crippen MR) is 108 cm³/mol. The second kappa shape index (κ2) is 7.92. The Bertz CT molecular complexity index is 959. The highest BCUT2D eigenvalue weighted by atomic mass is 16.5. The zero-order chi connectivity index (χ0) is 19.5. The molecule has 0 aliphatic carbocycles. The van der Waals surface area contributed by atoms with Crippen LogP contribution in [0.5, 0.6) is 5.75 Å². The first-order chi connectivity index (χ1) is 13.7. The van der Waals surface area contributed by atoms with Gasteiger partial charge < -0.3 is 14.2 Å². The zero-order valence-electron chi connectivity index (χ0n) is 16.4. The van der Waals surface area contributed by atoms with Crippen molar-refractivity contribution in [2.75, 3.05) is 13.2 Å². The van der Waals surface area contributed by atoms with E-state index in [1.165, 1.54) is 5.69 Å². The molecule has 146 valence electrons. The molecule has 0 saturated heterocycles. The molecule has 6 nitrogen and oxygen atoms in total. The number of carbonyl (C=O) groups is 1. The van der Waals surface area contributed by atoms with Crippen molar-refractivity contribution >= 4 is 5.91 Å². The molecule has 1 atom stereocenters. The molecule has 1 N–H and O–H groups in total. The molecule has 6 heteroatoms. The number of nitrogens with one attached hydrogen (secondary N) is 1. The number of nitrogens with zero attached hydrogens (tertiary/aromatic N) is 3. The lowest BCUT2D eigenvalue weighted by Crippen LogP contribution is -2.42. The summed E-state index contributed by atoms with van der Waals surface area (Å²) in [5, 5.41) is 7.34. The first-order valence-electron chi connectivity index (χ1n) is 9.96. The van der Waals surface area contributed by atoms with Gasteiger partial charge in [0.05, 0.1) is 18.3 Å². The topological polar surface area (TPSA) is 63.1 Å². The SMILES string of the molecule is CCC[C@H]1c2cccn2CCN1C(=O)c1cc(-c2ccccc2OCC)n[nH]1. The lowest BCUT2D eigenvalue weighted by molar-refractivity contribution is 0.0604. The maximum Gasteiger partial charge on any atom is 0.272 e. The minimum atomic E-state index is -0.00135. The van der Waals surface area contributed by atoms with Crippen LogP contribution in [0.25, 0.3) is 11.3 Å². The molecule has 1 amide bonds. The summed E-state index contributed by atoms with van der Waals surface area (Å²) in [5.41, 5.74) is 3.34. The van der Waals surface area contributed by atoms with E-state index < -0.39 is 0 Å². The van der Waals surface area contributed by atoms with Crippen molar-refractivity contribution in [2.24, 2.45) is 0 Å². The van der Waals surface area contributed by atoms with E-state index in [1.54, 1.807) is 0 Å². The number of ether oxygens (including phenoxy) is 1. The Kier molecular flexibility index (Phi) is 5.19. The number of aromatic nitrogens is 3. The summed E-state index contributed by atoms with van der Waals surface area (Å²) in [6.07, 6.45) is 4.07. The number of para-hydroxylation sites is 1. The van der Waals surface area contributed by atoms with E-state index in [0.29, 0.717) is 18.8 Å². The Hall–Kier alpha value is -3.02. The second-order valence-corrected chi connectivity index (χ2v) is 7.03. The van der Waals surface area contributed by atoms with Crippen LogP contribution in [0.1, 0.15) is 48.9 Å². The largest absolute Gasteiger partial charge is 0.493 e. The smallest absolute Gasteiger partial charge is 0.272 e. The van der Waals surface area contributed by atoms with Gasteiger partial charge in [0.15, 0.2) is 0 Å². The molecule has 0 saturated carbocycles. The highest BCUT2D eigenvalue weighted by Gasteiger charge is 2.31. The van der Waals surface area contributed by atoms with E-state index in [9.17, 15) is 4.79 Å². The number of hydrogen-bond acceptors (Lipinski definition) is 3. The molecule has 4 rings (SSSR count). The molecule has 1 aliphatic heterocycles. The van der Waals surface area contributed by atoms with E-state index in [-0.39, 0.29) is 11.9 Å². The summed E-state index contributed by atoms with van der Waals surface area (Å²) in [4.78, 5) is 15.3. The first kappa shape index (κ1) is 18.3. The fourth-order valence-corrected chi connectivity index (χ4v) is 3.97. The van der Waals surface area contributed by atoms with Gasteiger partial charge in [-0.25, -0.2) is 0 Å². The lowest BCUT2D eigenvalue weighted by Gasteiger charge is -2.36. The molecule has 0 unspecified atom stereocenters. The molecule has 2 aromatic heterocycles. The van der Waals surface area contributed by atoms with E-state index in [1.807, 2.05) is 42.2 Å². The third-order valence-corrected chi connectivity index (χ3v) is 5.26. The van der Waals surface area contributed by atoms with Gasteiger partial charge in [-0.15, -0.1) is 0 Å². The molecule has 3 aromatic rings. The van der Waals surface area contributed by atoms with Crippen LogP contribution in [0.15, 0.2) is 48.7 Å². The maximum atomic E-state index is 13.3. The van der Waals surface area contributed by atoms with E-state index in [0.717, 1.165) is 36.4 Å². The van der Waals surface area contributed by atoms with Crippen molar-refractivity contribution < 1.29 is 9.53 Å². The van der Waals surface area contributed by atoms with Gasteiger partial charge in [-0.05, 0) is 43.7 Å². The number of amides is 1. The Morgan fingerprint density at radius 1 is 1.21 bits per heavy atom. The number of hydrogen-bond donors (Lipinski definition) is 1. The number of benzene rings is 1. The lowest BCUT2D eigenvalue weighted by atomic mass is 10.0. The van der Waals surface area contributed by atoms with Crippen LogP contribution in [0.3, 0.4) is 0 Å². The number of carbonyl (C=O) groups excluding carboxylic acids is 1. The molecular weight excluding hydrogens is 352 g/mol. The van der Waals surface area contributed by atoms with E-state index in [2.05, 4.69) is 40.0 Å². The Balaban J connectivity index is 1.61. The summed E-state index contributed by atoms with van der Waals surface area (Å²) >= 11 is 0. The van der Waals surface area contributed by atoms with Gasteiger partial charge in [0.25, 0.3) is 5.91 Å². The van der Waals surface area contributed by atoms with Gasteiger partial charge in [0.2, 0.25) is 0 Å².